The zero-order valence-corrected chi connectivity index (χ0v) is 11.6. The van der Waals surface area contributed by atoms with Gasteiger partial charge in [0.05, 0.1) is 5.69 Å². The van der Waals surface area contributed by atoms with E-state index in [1.807, 2.05) is 0 Å². The summed E-state index contributed by atoms with van der Waals surface area (Å²) in [5, 5.41) is 0. The molecule has 0 saturated carbocycles. The van der Waals surface area contributed by atoms with Gasteiger partial charge in [0, 0.05) is 16.4 Å². The Hall–Kier alpha value is -0.440. The normalized spacial score (nSPS) is 19.7. The second kappa shape index (κ2) is 5.26. The molecule has 0 fully saturated rings. The zero-order valence-electron chi connectivity index (χ0n) is 10.0. The Bertz CT molecular complexity index is 363. The van der Waals surface area contributed by atoms with Gasteiger partial charge in [-0.15, -0.1) is 0 Å². The van der Waals surface area contributed by atoms with Crippen LogP contribution in [0.3, 0.4) is 0 Å². The van der Waals surface area contributed by atoms with Crippen molar-refractivity contribution in [3.63, 3.8) is 0 Å². The van der Waals surface area contributed by atoms with E-state index < -0.39 is 0 Å². The largest absolute Gasteiger partial charge is 0.241 e. The fraction of sp³-hybridized carbons (Fsp3) is 0.692. The predicted molar refractivity (Wildman–Crippen MR) is 70.1 cm³/mol. The van der Waals surface area contributed by atoms with Crippen LogP contribution in [0, 0.1) is 0 Å². The molecule has 2 nitrogen and oxygen atoms in total. The van der Waals surface area contributed by atoms with E-state index in [-0.39, 0.29) is 0 Å². The van der Waals surface area contributed by atoms with Crippen LogP contribution in [0.1, 0.15) is 56.0 Å². The Morgan fingerprint density at radius 3 is 2.62 bits per heavy atom. The number of aryl methyl sites for hydroxylation is 1. The average molecular weight is 283 g/mol. The van der Waals surface area contributed by atoms with E-state index in [4.69, 9.17) is 0 Å². The summed E-state index contributed by atoms with van der Waals surface area (Å²) in [7, 11) is 0. The number of fused-ring (bicyclic) bond motifs is 1. The third-order valence-electron chi connectivity index (χ3n) is 3.53. The fourth-order valence-electron chi connectivity index (χ4n) is 2.33. The maximum Gasteiger partial charge on any atom is 0.115 e. The maximum atomic E-state index is 4.51. The number of hydrogen-bond acceptors (Lipinski definition) is 2. The van der Waals surface area contributed by atoms with Crippen molar-refractivity contribution in [2.45, 2.75) is 56.7 Å². The molecule has 0 amide bonds. The summed E-state index contributed by atoms with van der Waals surface area (Å²) >= 11 is 3.66. The monoisotopic (exact) mass is 282 g/mol. The van der Waals surface area contributed by atoms with Crippen LogP contribution < -0.4 is 0 Å². The van der Waals surface area contributed by atoms with Gasteiger partial charge in [0.25, 0.3) is 0 Å². The minimum atomic E-state index is 0.467. The van der Waals surface area contributed by atoms with Gasteiger partial charge in [-0.2, -0.15) is 0 Å². The van der Waals surface area contributed by atoms with Gasteiger partial charge in [0.2, 0.25) is 0 Å². The van der Waals surface area contributed by atoms with Crippen LogP contribution in [-0.2, 0) is 12.8 Å². The van der Waals surface area contributed by atoms with Gasteiger partial charge >= 0.3 is 0 Å². The van der Waals surface area contributed by atoms with Crippen LogP contribution in [0.25, 0.3) is 0 Å². The van der Waals surface area contributed by atoms with Crippen molar-refractivity contribution in [3.05, 3.63) is 23.3 Å². The lowest BCUT2D eigenvalue weighted by Gasteiger charge is -2.18. The zero-order chi connectivity index (χ0) is 11.5. The van der Waals surface area contributed by atoms with Gasteiger partial charge < -0.3 is 0 Å². The molecule has 1 aliphatic carbocycles. The first-order valence-corrected chi connectivity index (χ1v) is 7.08. The van der Waals surface area contributed by atoms with Gasteiger partial charge in [0.1, 0.15) is 6.33 Å². The van der Waals surface area contributed by atoms with Crippen molar-refractivity contribution in [1.82, 2.24) is 9.97 Å². The molecule has 0 spiro atoms. The highest BCUT2D eigenvalue weighted by molar-refractivity contribution is 9.09. The first kappa shape index (κ1) is 12.0. The van der Waals surface area contributed by atoms with Crippen LogP contribution in [0.2, 0.25) is 0 Å². The Balaban J connectivity index is 2.38. The van der Waals surface area contributed by atoms with Crippen molar-refractivity contribution >= 4 is 15.9 Å². The van der Waals surface area contributed by atoms with Gasteiger partial charge in [-0.3, -0.25) is 0 Å². The standard InChI is InChI=1S/C13H19BrN2/c1-9(10(2)14)13-11-6-4-3-5-7-12(11)15-8-16-13/h8-10H,3-7H2,1-2H3. The second-order valence-electron chi connectivity index (χ2n) is 4.71. The molecule has 1 heterocycles. The first-order chi connectivity index (χ1) is 7.70. The Labute approximate surface area is 106 Å². The molecule has 3 heteroatoms. The van der Waals surface area contributed by atoms with Crippen LogP contribution in [0.15, 0.2) is 6.33 Å². The molecule has 0 saturated heterocycles. The second-order valence-corrected chi connectivity index (χ2v) is 6.16. The van der Waals surface area contributed by atoms with Crippen molar-refractivity contribution in [2.75, 3.05) is 0 Å². The first-order valence-electron chi connectivity index (χ1n) is 6.17. The van der Waals surface area contributed by atoms with Gasteiger partial charge in [-0.05, 0) is 31.2 Å². The highest BCUT2D eigenvalue weighted by Crippen LogP contribution is 2.29. The quantitative estimate of drug-likeness (QED) is 0.612. The van der Waals surface area contributed by atoms with Gasteiger partial charge in [-0.1, -0.05) is 36.2 Å². The van der Waals surface area contributed by atoms with Crippen molar-refractivity contribution in [1.29, 1.82) is 0 Å². The average Bonchev–Trinajstić information content (AvgIpc) is 2.52. The molecule has 1 aromatic rings. The highest BCUT2D eigenvalue weighted by Gasteiger charge is 2.20. The molecule has 0 aliphatic heterocycles. The fourth-order valence-corrected chi connectivity index (χ4v) is 2.58. The SMILES string of the molecule is CC(Br)C(C)c1ncnc2c1CCCCC2. The summed E-state index contributed by atoms with van der Waals surface area (Å²) in [4.78, 5) is 9.44. The summed E-state index contributed by atoms with van der Waals surface area (Å²) in [5.41, 5.74) is 3.98. The predicted octanol–water partition coefficient (Wildman–Crippen LogP) is 3.63. The minimum Gasteiger partial charge on any atom is -0.241 e. The lowest BCUT2D eigenvalue weighted by molar-refractivity contribution is 0.693. The van der Waals surface area contributed by atoms with Gasteiger partial charge in [0.15, 0.2) is 0 Å². The van der Waals surface area contributed by atoms with Crippen LogP contribution in [0.4, 0.5) is 0 Å². The number of aromatic nitrogens is 2. The van der Waals surface area contributed by atoms with E-state index in [2.05, 4.69) is 39.7 Å². The molecule has 0 N–H and O–H groups in total. The van der Waals surface area contributed by atoms with Gasteiger partial charge in [-0.25, -0.2) is 9.97 Å². The molecule has 2 rings (SSSR count). The Morgan fingerprint density at radius 1 is 1.12 bits per heavy atom. The molecule has 88 valence electrons. The molecule has 0 bridgehead atoms. The Morgan fingerprint density at radius 2 is 1.88 bits per heavy atom. The summed E-state index contributed by atoms with van der Waals surface area (Å²) in [6, 6.07) is 0. The topological polar surface area (TPSA) is 25.8 Å². The molecule has 0 aromatic carbocycles. The molecular weight excluding hydrogens is 264 g/mol. The number of rotatable bonds is 2. The van der Waals surface area contributed by atoms with E-state index >= 15 is 0 Å². The van der Waals surface area contributed by atoms with Crippen molar-refractivity contribution < 1.29 is 0 Å². The van der Waals surface area contributed by atoms with Crippen LogP contribution >= 0.6 is 15.9 Å². The molecule has 2 unspecified atom stereocenters. The number of alkyl halides is 1. The van der Waals surface area contributed by atoms with Crippen molar-refractivity contribution in [2.24, 2.45) is 0 Å². The van der Waals surface area contributed by atoms with Crippen LogP contribution in [-0.4, -0.2) is 14.8 Å². The van der Waals surface area contributed by atoms with E-state index in [1.54, 1.807) is 6.33 Å². The smallest absolute Gasteiger partial charge is 0.115 e. The van der Waals surface area contributed by atoms with E-state index in [0.717, 1.165) is 12.8 Å². The van der Waals surface area contributed by atoms with E-state index in [1.165, 1.54) is 36.2 Å². The summed E-state index contributed by atoms with van der Waals surface area (Å²) in [6.07, 6.45) is 7.93. The lowest BCUT2D eigenvalue weighted by atomic mass is 9.96. The maximum absolute atomic E-state index is 4.51. The lowest BCUT2D eigenvalue weighted by Crippen LogP contribution is -2.12. The minimum absolute atomic E-state index is 0.467. The van der Waals surface area contributed by atoms with E-state index in [0.29, 0.717) is 10.7 Å². The number of halogens is 1. The summed E-state index contributed by atoms with van der Waals surface area (Å²) in [5.74, 6) is 0.467. The van der Waals surface area contributed by atoms with Crippen LogP contribution in [0.5, 0.6) is 0 Å². The molecule has 0 radical (unpaired) electrons. The highest BCUT2D eigenvalue weighted by atomic mass is 79.9. The number of nitrogens with zero attached hydrogens (tertiary/aromatic N) is 2. The molecule has 2 atom stereocenters. The molecule has 1 aromatic heterocycles. The van der Waals surface area contributed by atoms with Crippen molar-refractivity contribution in [3.8, 4) is 0 Å². The molecular formula is C13H19BrN2. The summed E-state index contributed by atoms with van der Waals surface area (Å²) in [6.45, 7) is 4.43. The summed E-state index contributed by atoms with van der Waals surface area (Å²) < 4.78 is 0. The third kappa shape index (κ3) is 2.45. The van der Waals surface area contributed by atoms with E-state index in [9.17, 15) is 0 Å². The molecule has 16 heavy (non-hydrogen) atoms. The molecule has 1 aliphatic rings. The number of hydrogen-bond donors (Lipinski definition) is 0. The Kier molecular flexibility index (Phi) is 3.95. The third-order valence-corrected chi connectivity index (χ3v) is 4.32.